The number of thiophene rings is 1. The van der Waals surface area contributed by atoms with Crippen LogP contribution < -0.4 is 10.1 Å². The molecule has 1 saturated heterocycles. The molecular weight excluding hydrogens is 452 g/mol. The van der Waals surface area contributed by atoms with Crippen molar-refractivity contribution in [3.63, 3.8) is 0 Å². The first-order chi connectivity index (χ1) is 15.3. The highest BCUT2D eigenvalue weighted by Gasteiger charge is 2.27. The molecule has 1 unspecified atom stereocenters. The van der Waals surface area contributed by atoms with E-state index >= 15 is 0 Å². The Morgan fingerprint density at radius 2 is 1.88 bits per heavy atom. The summed E-state index contributed by atoms with van der Waals surface area (Å²) in [5, 5.41) is 4.68. The highest BCUT2D eigenvalue weighted by atomic mass is 32.2. The summed E-state index contributed by atoms with van der Waals surface area (Å²) in [4.78, 5) is 25.8. The second kappa shape index (κ2) is 10.9. The highest BCUT2D eigenvalue weighted by Crippen LogP contribution is 2.27. The van der Waals surface area contributed by atoms with Gasteiger partial charge in [0.15, 0.2) is 6.61 Å². The van der Waals surface area contributed by atoms with Crippen LogP contribution in [0.4, 0.5) is 0 Å². The van der Waals surface area contributed by atoms with Gasteiger partial charge in [-0.05, 0) is 49.4 Å². The number of amides is 1. The molecule has 1 aliphatic heterocycles. The van der Waals surface area contributed by atoms with Gasteiger partial charge in [0.25, 0.3) is 5.91 Å². The van der Waals surface area contributed by atoms with Crippen molar-refractivity contribution in [2.45, 2.75) is 43.5 Å². The van der Waals surface area contributed by atoms with Gasteiger partial charge in [-0.3, -0.25) is 4.79 Å². The van der Waals surface area contributed by atoms with Crippen molar-refractivity contribution < 1.29 is 27.5 Å². The van der Waals surface area contributed by atoms with E-state index in [1.54, 1.807) is 0 Å². The van der Waals surface area contributed by atoms with Gasteiger partial charge in [-0.25, -0.2) is 13.2 Å². The predicted octanol–water partition coefficient (Wildman–Crippen LogP) is 3.36. The fourth-order valence-corrected chi connectivity index (χ4v) is 5.82. The van der Waals surface area contributed by atoms with E-state index in [4.69, 9.17) is 9.47 Å². The Morgan fingerprint density at radius 3 is 2.50 bits per heavy atom. The van der Waals surface area contributed by atoms with E-state index in [9.17, 15) is 18.0 Å². The van der Waals surface area contributed by atoms with Gasteiger partial charge >= 0.3 is 5.97 Å². The zero-order chi connectivity index (χ0) is 23.1. The molecule has 1 amide bonds. The summed E-state index contributed by atoms with van der Waals surface area (Å²) < 4.78 is 38.0. The standard InChI is InChI=1S/C22H28N2O6S2/c1-16(20-8-7-13-31-20)23-21(25)15-30-22(26)18-14-17(9-10-19(18)29-2)32(27,28)24-11-5-3-4-6-12-24/h7-10,13-14,16H,3-6,11-12,15H2,1-2H3,(H,23,25). The number of esters is 1. The summed E-state index contributed by atoms with van der Waals surface area (Å²) in [5.41, 5.74) is -0.0393. The average molecular weight is 481 g/mol. The number of carbonyl (C=O) groups excluding carboxylic acids is 2. The lowest BCUT2D eigenvalue weighted by Gasteiger charge is -2.20. The van der Waals surface area contributed by atoms with Crippen molar-refractivity contribution in [2.75, 3.05) is 26.8 Å². The molecule has 1 aliphatic rings. The Hall–Kier alpha value is -2.43. The SMILES string of the molecule is COc1ccc(S(=O)(=O)N2CCCCCC2)cc1C(=O)OCC(=O)NC(C)c1cccs1. The van der Waals surface area contributed by atoms with Crippen LogP contribution >= 0.6 is 11.3 Å². The van der Waals surface area contributed by atoms with E-state index in [0.29, 0.717) is 13.1 Å². The van der Waals surface area contributed by atoms with Gasteiger partial charge in [-0.15, -0.1) is 11.3 Å². The Balaban J connectivity index is 1.70. The van der Waals surface area contributed by atoms with Gasteiger partial charge in [0, 0.05) is 18.0 Å². The maximum atomic E-state index is 13.1. The summed E-state index contributed by atoms with van der Waals surface area (Å²) in [5.74, 6) is -1.10. The molecule has 0 spiro atoms. The molecule has 0 aliphatic carbocycles. The fraction of sp³-hybridized carbons (Fsp3) is 0.455. The molecule has 8 nitrogen and oxygen atoms in total. The summed E-state index contributed by atoms with van der Waals surface area (Å²) >= 11 is 1.52. The van der Waals surface area contributed by atoms with Gasteiger partial charge in [-0.2, -0.15) is 4.31 Å². The number of benzene rings is 1. The number of hydrogen-bond acceptors (Lipinski definition) is 7. The quantitative estimate of drug-likeness (QED) is 0.582. The molecule has 32 heavy (non-hydrogen) atoms. The molecule has 0 bridgehead atoms. The first-order valence-electron chi connectivity index (χ1n) is 10.5. The van der Waals surface area contributed by atoms with Crippen LogP contribution in [-0.4, -0.2) is 51.4 Å². The Kier molecular flexibility index (Phi) is 8.27. The number of nitrogens with one attached hydrogen (secondary N) is 1. The van der Waals surface area contributed by atoms with Crippen LogP contribution in [0.5, 0.6) is 5.75 Å². The largest absolute Gasteiger partial charge is 0.496 e. The molecule has 2 aromatic rings. The first-order valence-corrected chi connectivity index (χ1v) is 12.8. The van der Waals surface area contributed by atoms with E-state index in [1.165, 1.54) is 41.0 Å². The Morgan fingerprint density at radius 1 is 1.16 bits per heavy atom. The second-order valence-corrected chi connectivity index (χ2v) is 10.5. The predicted molar refractivity (Wildman–Crippen MR) is 121 cm³/mol. The van der Waals surface area contributed by atoms with Crippen LogP contribution in [0.1, 0.15) is 53.9 Å². The summed E-state index contributed by atoms with van der Waals surface area (Å²) in [6.45, 7) is 2.26. The van der Waals surface area contributed by atoms with Crippen molar-refractivity contribution >= 4 is 33.2 Å². The van der Waals surface area contributed by atoms with Crippen molar-refractivity contribution in [3.05, 3.63) is 46.2 Å². The minimum Gasteiger partial charge on any atom is -0.496 e. The average Bonchev–Trinajstić information content (AvgIpc) is 3.19. The van der Waals surface area contributed by atoms with Crippen LogP contribution in [0.15, 0.2) is 40.6 Å². The molecule has 10 heteroatoms. The van der Waals surface area contributed by atoms with Crippen molar-refractivity contribution in [1.29, 1.82) is 0 Å². The van der Waals surface area contributed by atoms with Gasteiger partial charge < -0.3 is 14.8 Å². The summed E-state index contributed by atoms with van der Waals surface area (Å²) in [6, 6.07) is 7.70. The molecule has 1 aromatic heterocycles. The molecule has 3 rings (SSSR count). The molecule has 1 N–H and O–H groups in total. The van der Waals surface area contributed by atoms with Gasteiger partial charge in [-0.1, -0.05) is 18.9 Å². The number of hydrogen-bond donors (Lipinski definition) is 1. The third-order valence-corrected chi connectivity index (χ3v) is 8.23. The van der Waals surface area contributed by atoms with Crippen LogP contribution in [0.25, 0.3) is 0 Å². The van der Waals surface area contributed by atoms with E-state index in [1.807, 2.05) is 24.4 Å². The van der Waals surface area contributed by atoms with E-state index in [2.05, 4.69) is 5.32 Å². The number of nitrogens with zero attached hydrogens (tertiary/aromatic N) is 1. The maximum Gasteiger partial charge on any atom is 0.342 e. The van der Waals surface area contributed by atoms with Crippen LogP contribution in [0.2, 0.25) is 0 Å². The summed E-state index contributed by atoms with van der Waals surface area (Å²) in [7, 11) is -2.37. The molecule has 1 fully saturated rings. The second-order valence-electron chi connectivity index (χ2n) is 7.56. The Labute approximate surface area is 192 Å². The van der Waals surface area contributed by atoms with Crippen molar-refractivity contribution in [1.82, 2.24) is 9.62 Å². The molecular formula is C22H28N2O6S2. The lowest BCUT2D eigenvalue weighted by molar-refractivity contribution is -0.124. The molecule has 2 heterocycles. The molecule has 1 aromatic carbocycles. The minimum atomic E-state index is -3.75. The van der Waals surface area contributed by atoms with E-state index in [0.717, 1.165) is 30.6 Å². The molecule has 0 saturated carbocycles. The van der Waals surface area contributed by atoms with E-state index in [-0.39, 0.29) is 22.3 Å². The number of ether oxygens (including phenoxy) is 2. The lowest BCUT2D eigenvalue weighted by atomic mass is 10.2. The van der Waals surface area contributed by atoms with Crippen LogP contribution in [0, 0.1) is 0 Å². The van der Waals surface area contributed by atoms with Gasteiger partial charge in [0.2, 0.25) is 10.0 Å². The maximum absolute atomic E-state index is 13.1. The fourth-order valence-electron chi connectivity index (χ4n) is 3.54. The number of methoxy groups -OCH3 is 1. The van der Waals surface area contributed by atoms with Crippen molar-refractivity contribution in [2.24, 2.45) is 0 Å². The number of sulfonamides is 1. The zero-order valence-corrected chi connectivity index (χ0v) is 19.8. The number of carbonyl (C=O) groups is 2. The van der Waals surface area contributed by atoms with Gasteiger partial charge in [0.05, 0.1) is 18.0 Å². The normalized spacial score (nSPS) is 16.1. The van der Waals surface area contributed by atoms with Crippen LogP contribution in [0.3, 0.4) is 0 Å². The van der Waals surface area contributed by atoms with E-state index < -0.39 is 28.5 Å². The van der Waals surface area contributed by atoms with Crippen LogP contribution in [-0.2, 0) is 19.6 Å². The molecule has 174 valence electrons. The molecule has 0 radical (unpaired) electrons. The van der Waals surface area contributed by atoms with Crippen molar-refractivity contribution in [3.8, 4) is 5.75 Å². The lowest BCUT2D eigenvalue weighted by Crippen LogP contribution is -2.32. The smallest absolute Gasteiger partial charge is 0.342 e. The first kappa shape index (κ1) is 24.2. The third-order valence-electron chi connectivity index (χ3n) is 5.28. The zero-order valence-electron chi connectivity index (χ0n) is 18.2. The third kappa shape index (κ3) is 5.87. The Bertz CT molecular complexity index is 1030. The number of rotatable bonds is 8. The highest BCUT2D eigenvalue weighted by molar-refractivity contribution is 7.89. The minimum absolute atomic E-state index is 0.00270. The monoisotopic (exact) mass is 480 g/mol. The molecule has 1 atom stereocenters. The summed E-state index contributed by atoms with van der Waals surface area (Å²) in [6.07, 6.45) is 3.62. The van der Waals surface area contributed by atoms with Gasteiger partial charge in [0.1, 0.15) is 11.3 Å². The topological polar surface area (TPSA) is 102 Å².